The van der Waals surface area contributed by atoms with Crippen molar-refractivity contribution >= 4 is 40.9 Å². The van der Waals surface area contributed by atoms with Crippen LogP contribution < -0.4 is 10.6 Å². The average Bonchev–Trinajstić information content (AvgIpc) is 3.27. The summed E-state index contributed by atoms with van der Waals surface area (Å²) in [6, 6.07) is 21.1. The van der Waals surface area contributed by atoms with Gasteiger partial charge in [-0.1, -0.05) is 42.5 Å². The molecule has 0 fully saturated rings. The van der Waals surface area contributed by atoms with Gasteiger partial charge in [-0.3, -0.25) is 14.4 Å². The topological polar surface area (TPSA) is 84.5 Å². The third-order valence-electron chi connectivity index (χ3n) is 4.33. The van der Waals surface area contributed by atoms with E-state index in [-0.39, 0.29) is 24.8 Å². The highest BCUT2D eigenvalue weighted by atomic mass is 32.1. The van der Waals surface area contributed by atoms with Crippen LogP contribution in [0, 0.1) is 0 Å². The van der Waals surface area contributed by atoms with Crippen molar-refractivity contribution in [1.29, 1.82) is 0 Å². The predicted octanol–water partition coefficient (Wildman–Crippen LogP) is 3.90. The van der Waals surface area contributed by atoms with Crippen molar-refractivity contribution in [2.24, 2.45) is 0 Å². The van der Waals surface area contributed by atoms with Gasteiger partial charge in [0.2, 0.25) is 11.8 Å². The Kier molecular flexibility index (Phi) is 7.73. The fraction of sp³-hybridized carbons (Fsp3) is 0.125. The van der Waals surface area contributed by atoms with Crippen molar-refractivity contribution in [3.05, 3.63) is 83.2 Å². The lowest BCUT2D eigenvalue weighted by Gasteiger charge is -2.06. The minimum Gasteiger partial charge on any atom is -0.468 e. The molecule has 6 nitrogen and oxygen atoms in total. The number of carbonyl (C=O) groups is 3. The zero-order valence-electron chi connectivity index (χ0n) is 17.0. The first-order valence-electron chi connectivity index (χ1n) is 9.60. The van der Waals surface area contributed by atoms with Crippen LogP contribution in [0.1, 0.15) is 10.4 Å². The average molecular weight is 435 g/mol. The van der Waals surface area contributed by atoms with Crippen molar-refractivity contribution in [1.82, 2.24) is 5.32 Å². The molecule has 7 heteroatoms. The number of esters is 1. The van der Waals surface area contributed by atoms with E-state index in [4.69, 9.17) is 0 Å². The molecule has 2 aromatic carbocycles. The van der Waals surface area contributed by atoms with Crippen molar-refractivity contribution < 1.29 is 19.1 Å². The van der Waals surface area contributed by atoms with Gasteiger partial charge >= 0.3 is 5.97 Å². The van der Waals surface area contributed by atoms with Gasteiger partial charge in [0, 0.05) is 21.5 Å². The molecule has 2 N–H and O–H groups in total. The van der Waals surface area contributed by atoms with Gasteiger partial charge in [0.05, 0.1) is 13.5 Å². The Labute approximate surface area is 184 Å². The third-order valence-corrected chi connectivity index (χ3v) is 5.43. The van der Waals surface area contributed by atoms with Crippen molar-refractivity contribution in [2.75, 3.05) is 19.0 Å². The zero-order chi connectivity index (χ0) is 22.1. The Morgan fingerprint density at radius 3 is 2.42 bits per heavy atom. The van der Waals surface area contributed by atoms with Gasteiger partial charge in [-0.15, -0.1) is 11.3 Å². The monoisotopic (exact) mass is 434 g/mol. The molecule has 0 unspecified atom stereocenters. The Bertz CT molecular complexity index is 1070. The van der Waals surface area contributed by atoms with Gasteiger partial charge in [-0.05, 0) is 41.5 Å². The molecular weight excluding hydrogens is 412 g/mol. The maximum Gasteiger partial charge on any atom is 0.325 e. The molecule has 3 rings (SSSR count). The van der Waals surface area contributed by atoms with Crippen LogP contribution in [-0.4, -0.2) is 31.4 Å². The maximum atomic E-state index is 12.2. The number of rotatable bonds is 8. The van der Waals surface area contributed by atoms with E-state index in [0.29, 0.717) is 5.69 Å². The lowest BCUT2D eigenvalue weighted by Crippen LogP contribution is -2.31. The van der Waals surface area contributed by atoms with E-state index in [2.05, 4.69) is 27.5 Å². The number of methoxy groups -OCH3 is 1. The summed E-state index contributed by atoms with van der Waals surface area (Å²) < 4.78 is 4.47. The van der Waals surface area contributed by atoms with Crippen molar-refractivity contribution in [3.63, 3.8) is 0 Å². The Balaban J connectivity index is 1.50. The Hall–Kier alpha value is -3.71. The lowest BCUT2D eigenvalue weighted by molar-refractivity contribution is -0.141. The number of ether oxygens (including phenoxy) is 1. The molecule has 158 valence electrons. The van der Waals surface area contributed by atoms with Crippen LogP contribution in [0.2, 0.25) is 0 Å². The smallest absolute Gasteiger partial charge is 0.325 e. The van der Waals surface area contributed by atoms with E-state index >= 15 is 0 Å². The first-order chi connectivity index (χ1) is 15.0. The predicted molar refractivity (Wildman–Crippen MR) is 123 cm³/mol. The van der Waals surface area contributed by atoms with Gasteiger partial charge in [-0.25, -0.2) is 0 Å². The van der Waals surface area contributed by atoms with E-state index < -0.39 is 5.97 Å². The van der Waals surface area contributed by atoms with Crippen LogP contribution in [-0.2, 0) is 25.5 Å². The number of hydrogen-bond donors (Lipinski definition) is 2. The summed E-state index contributed by atoms with van der Waals surface area (Å²) in [6.07, 6.45) is 3.41. The third kappa shape index (κ3) is 6.94. The number of anilines is 1. The molecule has 0 saturated heterocycles. The summed E-state index contributed by atoms with van der Waals surface area (Å²) in [5.41, 5.74) is 2.54. The number of hydrogen-bond acceptors (Lipinski definition) is 5. The molecule has 0 aliphatic rings. The van der Waals surface area contributed by atoms with E-state index in [1.807, 2.05) is 30.3 Å². The lowest BCUT2D eigenvalue weighted by atomic mass is 10.1. The summed E-state index contributed by atoms with van der Waals surface area (Å²) in [7, 11) is 1.26. The molecule has 0 saturated carbocycles. The minimum absolute atomic E-state index is 0.132. The highest BCUT2D eigenvalue weighted by Gasteiger charge is 2.07. The van der Waals surface area contributed by atoms with Gasteiger partial charge in [-0.2, -0.15) is 0 Å². The Morgan fingerprint density at radius 2 is 1.71 bits per heavy atom. The zero-order valence-corrected chi connectivity index (χ0v) is 17.8. The number of benzene rings is 2. The standard InChI is InChI=1S/C24H22N2O4S/c1-30-24(29)16-25-23(28)15-17-7-9-19(10-8-17)26-22(27)14-12-20-11-13-21(31-20)18-5-3-2-4-6-18/h2-14H,15-16H2,1H3,(H,25,28)(H,26,27). The molecule has 0 atom stereocenters. The quantitative estimate of drug-likeness (QED) is 0.416. The molecule has 3 aromatic rings. The van der Waals surface area contributed by atoms with Crippen LogP contribution in [0.3, 0.4) is 0 Å². The van der Waals surface area contributed by atoms with Gasteiger partial charge < -0.3 is 15.4 Å². The summed E-state index contributed by atoms with van der Waals surface area (Å²) in [6.45, 7) is -0.160. The van der Waals surface area contributed by atoms with Gasteiger partial charge in [0.15, 0.2) is 0 Å². The van der Waals surface area contributed by atoms with E-state index in [1.165, 1.54) is 13.2 Å². The van der Waals surface area contributed by atoms with Crippen LogP contribution in [0.5, 0.6) is 0 Å². The SMILES string of the molecule is COC(=O)CNC(=O)Cc1ccc(NC(=O)C=Cc2ccc(-c3ccccc3)s2)cc1. The minimum atomic E-state index is -0.502. The first-order valence-corrected chi connectivity index (χ1v) is 10.4. The van der Waals surface area contributed by atoms with Gasteiger partial charge in [0.25, 0.3) is 0 Å². The fourth-order valence-corrected chi connectivity index (χ4v) is 3.65. The molecular formula is C24H22N2O4S. The number of amides is 2. The molecule has 2 amide bonds. The van der Waals surface area contributed by atoms with E-state index in [9.17, 15) is 14.4 Å². The fourth-order valence-electron chi connectivity index (χ4n) is 2.74. The second-order valence-electron chi connectivity index (χ2n) is 6.62. The first kappa shape index (κ1) is 22.0. The highest BCUT2D eigenvalue weighted by molar-refractivity contribution is 7.16. The van der Waals surface area contributed by atoms with E-state index in [0.717, 1.165) is 20.9 Å². The summed E-state index contributed by atoms with van der Waals surface area (Å²) in [5, 5.41) is 5.28. The molecule has 0 spiro atoms. The van der Waals surface area contributed by atoms with Gasteiger partial charge in [0.1, 0.15) is 6.54 Å². The van der Waals surface area contributed by atoms with Crippen LogP contribution >= 0.6 is 11.3 Å². The molecule has 0 radical (unpaired) electrons. The second kappa shape index (κ2) is 10.9. The number of carbonyl (C=O) groups excluding carboxylic acids is 3. The normalized spacial score (nSPS) is 10.6. The maximum absolute atomic E-state index is 12.2. The molecule has 1 heterocycles. The largest absolute Gasteiger partial charge is 0.468 e. The summed E-state index contributed by atoms with van der Waals surface area (Å²) in [5.74, 6) is -1.02. The number of thiophene rings is 1. The molecule has 0 aliphatic carbocycles. The second-order valence-corrected chi connectivity index (χ2v) is 7.73. The molecule has 0 aliphatic heterocycles. The molecule has 1 aromatic heterocycles. The summed E-state index contributed by atoms with van der Waals surface area (Å²) in [4.78, 5) is 37.2. The number of nitrogens with one attached hydrogen (secondary N) is 2. The summed E-state index contributed by atoms with van der Waals surface area (Å²) >= 11 is 1.62. The Morgan fingerprint density at radius 1 is 0.968 bits per heavy atom. The van der Waals surface area contributed by atoms with Crippen molar-refractivity contribution in [2.45, 2.75) is 6.42 Å². The van der Waals surface area contributed by atoms with Crippen LogP contribution in [0.15, 0.2) is 72.8 Å². The van der Waals surface area contributed by atoms with E-state index in [1.54, 1.807) is 41.7 Å². The highest BCUT2D eigenvalue weighted by Crippen LogP contribution is 2.28. The van der Waals surface area contributed by atoms with Crippen molar-refractivity contribution in [3.8, 4) is 10.4 Å². The molecule has 0 bridgehead atoms. The molecule has 31 heavy (non-hydrogen) atoms. The van der Waals surface area contributed by atoms with Crippen LogP contribution in [0.25, 0.3) is 16.5 Å². The van der Waals surface area contributed by atoms with Crippen LogP contribution in [0.4, 0.5) is 5.69 Å².